The Labute approximate surface area is 122 Å². The van der Waals surface area contributed by atoms with Crippen molar-refractivity contribution in [3.8, 4) is 6.07 Å². The molecule has 0 saturated carbocycles. The fourth-order valence-electron chi connectivity index (χ4n) is 2.31. The summed E-state index contributed by atoms with van der Waals surface area (Å²) >= 11 is 1.28. The van der Waals surface area contributed by atoms with Crippen LogP contribution in [0.1, 0.15) is 41.9 Å². The van der Waals surface area contributed by atoms with E-state index in [2.05, 4.69) is 18.3 Å². The fourth-order valence-corrected chi connectivity index (χ4v) is 3.40. The number of anilines is 2. The Hall–Kier alpha value is -1.58. The zero-order valence-corrected chi connectivity index (χ0v) is 12.5. The van der Waals surface area contributed by atoms with Crippen molar-refractivity contribution in [1.29, 1.82) is 5.26 Å². The summed E-state index contributed by atoms with van der Waals surface area (Å²) in [6.45, 7) is 5.36. The molecule has 2 atom stereocenters. The van der Waals surface area contributed by atoms with E-state index in [1.807, 2.05) is 0 Å². The van der Waals surface area contributed by atoms with Gasteiger partial charge in [-0.05, 0) is 13.3 Å². The first-order valence-electron chi connectivity index (χ1n) is 6.79. The first-order chi connectivity index (χ1) is 9.58. The van der Waals surface area contributed by atoms with E-state index in [9.17, 15) is 10.1 Å². The summed E-state index contributed by atoms with van der Waals surface area (Å²) in [7, 11) is 0. The molecule has 1 fully saturated rings. The van der Waals surface area contributed by atoms with Gasteiger partial charge in [-0.3, -0.25) is 4.79 Å². The van der Waals surface area contributed by atoms with E-state index in [4.69, 9.17) is 10.5 Å². The molecular formula is C14H19N3O2S. The van der Waals surface area contributed by atoms with Crippen LogP contribution >= 0.6 is 11.3 Å². The Morgan fingerprint density at radius 3 is 2.95 bits per heavy atom. The minimum atomic E-state index is -0.0189. The fraction of sp³-hybridized carbons (Fsp3) is 0.571. The molecule has 20 heavy (non-hydrogen) atoms. The molecule has 3 N–H and O–H groups in total. The van der Waals surface area contributed by atoms with Gasteiger partial charge in [-0.1, -0.05) is 6.92 Å². The van der Waals surface area contributed by atoms with Crippen LogP contribution < -0.4 is 11.1 Å². The number of hydrogen-bond acceptors (Lipinski definition) is 6. The molecule has 1 aliphatic rings. The number of thiophene rings is 1. The summed E-state index contributed by atoms with van der Waals surface area (Å²) in [6.07, 6.45) is 1.63. The largest absolute Gasteiger partial charge is 0.396 e. The summed E-state index contributed by atoms with van der Waals surface area (Å²) in [4.78, 5) is 12.3. The van der Waals surface area contributed by atoms with E-state index in [0.717, 1.165) is 19.6 Å². The first-order valence-corrected chi connectivity index (χ1v) is 7.61. The van der Waals surface area contributed by atoms with Crippen LogP contribution in [-0.2, 0) is 4.74 Å². The lowest BCUT2D eigenvalue weighted by atomic mass is 10.0. The van der Waals surface area contributed by atoms with Crippen molar-refractivity contribution < 1.29 is 9.53 Å². The average Bonchev–Trinajstić information content (AvgIpc) is 2.99. The van der Waals surface area contributed by atoms with Crippen LogP contribution in [-0.4, -0.2) is 25.0 Å². The first kappa shape index (κ1) is 14.8. The van der Waals surface area contributed by atoms with Crippen LogP contribution in [0.4, 0.5) is 10.7 Å². The highest BCUT2D eigenvalue weighted by Gasteiger charge is 2.25. The quantitative estimate of drug-likeness (QED) is 0.815. The number of rotatable bonds is 5. The van der Waals surface area contributed by atoms with Crippen molar-refractivity contribution in [2.45, 2.75) is 32.8 Å². The van der Waals surface area contributed by atoms with Crippen molar-refractivity contribution in [3.63, 3.8) is 0 Å². The van der Waals surface area contributed by atoms with Crippen molar-refractivity contribution in [2.75, 3.05) is 24.2 Å². The third kappa shape index (κ3) is 2.79. The standard InChI is InChI=1S/C14H19N3O2S/c1-3-11(18)13-12(16)10(6-15)14(20-13)17-7-9-4-5-19-8(9)2/h8-9,17H,3-5,7,16H2,1-2H3. The average molecular weight is 293 g/mol. The molecule has 108 valence electrons. The molecule has 1 saturated heterocycles. The minimum Gasteiger partial charge on any atom is -0.396 e. The maximum absolute atomic E-state index is 11.8. The van der Waals surface area contributed by atoms with Gasteiger partial charge < -0.3 is 15.8 Å². The lowest BCUT2D eigenvalue weighted by Crippen LogP contribution is -2.20. The van der Waals surface area contributed by atoms with Crippen LogP contribution in [0.2, 0.25) is 0 Å². The second-order valence-corrected chi connectivity index (χ2v) is 5.96. The summed E-state index contributed by atoms with van der Waals surface area (Å²) in [6, 6.07) is 2.09. The highest BCUT2D eigenvalue weighted by Crippen LogP contribution is 2.36. The van der Waals surface area contributed by atoms with Crippen molar-refractivity contribution in [2.24, 2.45) is 5.92 Å². The van der Waals surface area contributed by atoms with Gasteiger partial charge in [0.25, 0.3) is 0 Å². The molecule has 0 spiro atoms. The number of ketones is 1. The third-order valence-electron chi connectivity index (χ3n) is 3.69. The van der Waals surface area contributed by atoms with E-state index in [0.29, 0.717) is 33.5 Å². The summed E-state index contributed by atoms with van der Waals surface area (Å²) in [5.74, 6) is 0.407. The number of carbonyl (C=O) groups excluding carboxylic acids is 1. The molecule has 2 heterocycles. The van der Waals surface area contributed by atoms with Crippen LogP contribution in [0.15, 0.2) is 0 Å². The van der Waals surface area contributed by atoms with E-state index in [1.165, 1.54) is 11.3 Å². The maximum Gasteiger partial charge on any atom is 0.174 e. The van der Waals surface area contributed by atoms with E-state index in [-0.39, 0.29) is 11.9 Å². The highest BCUT2D eigenvalue weighted by atomic mass is 32.1. The van der Waals surface area contributed by atoms with Gasteiger partial charge >= 0.3 is 0 Å². The molecule has 6 heteroatoms. The van der Waals surface area contributed by atoms with E-state index >= 15 is 0 Å². The molecule has 5 nitrogen and oxygen atoms in total. The minimum absolute atomic E-state index is 0.0189. The Kier molecular flexibility index (Phi) is 4.63. The number of nitrogen functional groups attached to an aromatic ring is 1. The molecule has 2 rings (SSSR count). The molecule has 1 aromatic rings. The smallest absolute Gasteiger partial charge is 0.174 e. The molecule has 0 aliphatic carbocycles. The van der Waals surface area contributed by atoms with Gasteiger partial charge in [-0.25, -0.2) is 0 Å². The van der Waals surface area contributed by atoms with Gasteiger partial charge in [-0.2, -0.15) is 5.26 Å². The second kappa shape index (κ2) is 6.25. The van der Waals surface area contributed by atoms with E-state index in [1.54, 1.807) is 6.92 Å². The van der Waals surface area contributed by atoms with Crippen LogP contribution in [0.25, 0.3) is 0 Å². The summed E-state index contributed by atoms with van der Waals surface area (Å²) in [5.41, 5.74) is 6.60. The van der Waals surface area contributed by atoms with Crippen molar-refractivity contribution in [1.82, 2.24) is 0 Å². The zero-order chi connectivity index (χ0) is 14.7. The van der Waals surface area contributed by atoms with Gasteiger partial charge in [-0.15, -0.1) is 11.3 Å². The number of nitrogens with one attached hydrogen (secondary N) is 1. The van der Waals surface area contributed by atoms with E-state index < -0.39 is 0 Å². The number of ether oxygens (including phenoxy) is 1. The predicted molar refractivity (Wildman–Crippen MR) is 80.1 cm³/mol. The number of hydrogen-bond donors (Lipinski definition) is 2. The van der Waals surface area contributed by atoms with Gasteiger partial charge in [0.05, 0.1) is 16.7 Å². The summed E-state index contributed by atoms with van der Waals surface area (Å²) < 4.78 is 5.51. The topological polar surface area (TPSA) is 88.1 Å². The number of carbonyl (C=O) groups is 1. The lowest BCUT2D eigenvalue weighted by Gasteiger charge is -2.14. The molecule has 0 aromatic carbocycles. The lowest BCUT2D eigenvalue weighted by molar-refractivity contribution is 0.0992. The molecule has 1 aliphatic heterocycles. The third-order valence-corrected chi connectivity index (χ3v) is 4.89. The van der Waals surface area contributed by atoms with Crippen molar-refractivity contribution in [3.05, 3.63) is 10.4 Å². The Balaban J connectivity index is 2.15. The SMILES string of the molecule is CCC(=O)c1sc(NCC2CCOC2C)c(C#N)c1N. The number of nitriles is 1. The molecule has 0 radical (unpaired) electrons. The maximum atomic E-state index is 11.8. The van der Waals surface area contributed by atoms with Gasteiger partial charge in [0.1, 0.15) is 16.6 Å². The number of Topliss-reactive ketones (excluding diaryl/α,β-unsaturated/α-hetero) is 1. The zero-order valence-electron chi connectivity index (χ0n) is 11.7. The predicted octanol–water partition coefficient (Wildman–Crippen LogP) is 2.63. The molecule has 0 amide bonds. The van der Waals surface area contributed by atoms with Crippen molar-refractivity contribution >= 4 is 27.8 Å². The normalized spacial score (nSPS) is 21.6. The second-order valence-electron chi connectivity index (χ2n) is 4.94. The van der Waals surface area contributed by atoms with Crippen LogP contribution in [0.3, 0.4) is 0 Å². The molecule has 1 aromatic heterocycles. The molecule has 2 unspecified atom stereocenters. The van der Waals surface area contributed by atoms with Gasteiger partial charge in [0.15, 0.2) is 5.78 Å². The molecule has 0 bridgehead atoms. The Morgan fingerprint density at radius 2 is 2.40 bits per heavy atom. The Morgan fingerprint density at radius 1 is 1.65 bits per heavy atom. The number of nitrogens with zero attached hydrogens (tertiary/aromatic N) is 1. The Bertz CT molecular complexity index is 547. The van der Waals surface area contributed by atoms with Crippen LogP contribution in [0, 0.1) is 17.2 Å². The molecular weight excluding hydrogens is 274 g/mol. The van der Waals surface area contributed by atoms with Gasteiger partial charge in [0, 0.05) is 25.5 Å². The number of nitrogens with two attached hydrogens (primary N) is 1. The van der Waals surface area contributed by atoms with Crippen LogP contribution in [0.5, 0.6) is 0 Å². The summed E-state index contributed by atoms with van der Waals surface area (Å²) in [5, 5.41) is 13.2. The van der Waals surface area contributed by atoms with Gasteiger partial charge in [0.2, 0.25) is 0 Å². The monoisotopic (exact) mass is 293 g/mol. The highest BCUT2D eigenvalue weighted by molar-refractivity contribution is 7.19.